The van der Waals surface area contributed by atoms with E-state index in [2.05, 4.69) is 27.9 Å². The van der Waals surface area contributed by atoms with Crippen molar-refractivity contribution in [3.8, 4) is 11.5 Å². The number of methoxy groups -OCH3 is 2. The highest BCUT2D eigenvalue weighted by molar-refractivity contribution is 14.1. The molecule has 5 rings (SSSR count). The first-order chi connectivity index (χ1) is 17.8. The summed E-state index contributed by atoms with van der Waals surface area (Å²) in [6, 6.07) is 17.4. The second kappa shape index (κ2) is 10.0. The van der Waals surface area contributed by atoms with E-state index in [9.17, 15) is 14.0 Å². The van der Waals surface area contributed by atoms with Crippen LogP contribution < -0.4 is 14.8 Å². The van der Waals surface area contributed by atoms with Gasteiger partial charge in [-0.3, -0.25) is 4.79 Å². The number of nitrogens with one attached hydrogen (secondary N) is 1. The van der Waals surface area contributed by atoms with Crippen LogP contribution in [0.3, 0.4) is 0 Å². The third-order valence-corrected chi connectivity index (χ3v) is 7.37. The summed E-state index contributed by atoms with van der Waals surface area (Å²) >= 11 is 2.12. The Hall–Kier alpha value is -3.66. The summed E-state index contributed by atoms with van der Waals surface area (Å²) in [6.45, 7) is 1.81. The van der Waals surface area contributed by atoms with Crippen LogP contribution >= 0.6 is 22.6 Å². The Bertz CT molecular complexity index is 1510. The number of rotatable bonds is 6. The number of fused-ring (bicyclic) bond motifs is 2. The largest absolute Gasteiger partial charge is 0.493 e. The summed E-state index contributed by atoms with van der Waals surface area (Å²) < 4.78 is 31.6. The molecule has 1 aliphatic carbocycles. The van der Waals surface area contributed by atoms with Gasteiger partial charge in [-0.1, -0.05) is 42.5 Å². The molecule has 0 amide bonds. The Kier molecular flexibility index (Phi) is 6.76. The average molecular weight is 611 g/mol. The summed E-state index contributed by atoms with van der Waals surface area (Å²) in [5, 5.41) is 3.27. The lowest BCUT2D eigenvalue weighted by atomic mass is 9.79. The number of hydrogen-bond acceptors (Lipinski definition) is 6. The van der Waals surface area contributed by atoms with Crippen LogP contribution in [0.4, 0.5) is 4.39 Å². The van der Waals surface area contributed by atoms with Crippen molar-refractivity contribution in [2.24, 2.45) is 0 Å². The molecule has 2 aliphatic rings. The fraction of sp³-hybridized carbons (Fsp3) is 0.172. The second-order valence-corrected chi connectivity index (χ2v) is 9.83. The van der Waals surface area contributed by atoms with Gasteiger partial charge < -0.3 is 19.5 Å². The fourth-order valence-corrected chi connectivity index (χ4v) is 5.64. The van der Waals surface area contributed by atoms with Gasteiger partial charge in [0.05, 0.1) is 29.1 Å². The molecule has 1 N–H and O–H groups in total. The van der Waals surface area contributed by atoms with Crippen molar-refractivity contribution in [3.63, 3.8) is 0 Å². The van der Waals surface area contributed by atoms with Crippen LogP contribution in [-0.2, 0) is 16.1 Å². The molecule has 3 aromatic carbocycles. The molecular weight excluding hydrogens is 588 g/mol. The van der Waals surface area contributed by atoms with Crippen molar-refractivity contribution in [3.05, 3.63) is 109 Å². The maximum Gasteiger partial charge on any atom is 0.336 e. The number of Topliss-reactive ketones (excluding diaryl/α,β-unsaturated/α-hetero) is 1. The molecular formula is C29H23FINO5. The molecule has 1 heterocycles. The normalized spacial score (nSPS) is 16.2. The Morgan fingerprint density at radius 2 is 1.76 bits per heavy atom. The molecule has 0 spiro atoms. The zero-order valence-electron chi connectivity index (χ0n) is 20.4. The van der Waals surface area contributed by atoms with E-state index in [1.54, 1.807) is 37.3 Å². The lowest BCUT2D eigenvalue weighted by molar-refractivity contribution is -0.136. The molecule has 3 aromatic rings. The van der Waals surface area contributed by atoms with Gasteiger partial charge >= 0.3 is 5.97 Å². The van der Waals surface area contributed by atoms with Crippen molar-refractivity contribution < 1.29 is 28.2 Å². The van der Waals surface area contributed by atoms with E-state index in [0.717, 1.165) is 5.56 Å². The second-order valence-electron chi connectivity index (χ2n) is 8.67. The molecule has 8 heteroatoms. The number of allylic oxidation sites excluding steroid dienone is 2. The van der Waals surface area contributed by atoms with Crippen LogP contribution in [0.5, 0.6) is 11.5 Å². The maximum absolute atomic E-state index is 14.1. The first kappa shape index (κ1) is 25.0. The van der Waals surface area contributed by atoms with Crippen LogP contribution in [0, 0.1) is 9.39 Å². The quantitative estimate of drug-likeness (QED) is 0.283. The van der Waals surface area contributed by atoms with E-state index in [1.807, 2.05) is 24.3 Å². The van der Waals surface area contributed by atoms with Gasteiger partial charge in [-0.15, -0.1) is 0 Å². The SMILES string of the molecule is COC(=O)C1=C(C)NC2=C(C(=O)c3ccccc32)[C@H]1c1cc(I)c(OCc2ccccc2F)c(OC)c1. The summed E-state index contributed by atoms with van der Waals surface area (Å²) in [5.41, 5.74) is 4.58. The Morgan fingerprint density at radius 1 is 1.05 bits per heavy atom. The van der Waals surface area contributed by atoms with Crippen molar-refractivity contribution >= 4 is 40.0 Å². The average Bonchev–Trinajstić information content (AvgIpc) is 3.18. The van der Waals surface area contributed by atoms with E-state index in [0.29, 0.717) is 54.3 Å². The molecule has 0 radical (unpaired) electrons. The topological polar surface area (TPSA) is 73.9 Å². The van der Waals surface area contributed by atoms with Crippen molar-refractivity contribution in [1.29, 1.82) is 0 Å². The number of ketones is 1. The number of halogens is 2. The van der Waals surface area contributed by atoms with Crippen molar-refractivity contribution in [2.75, 3.05) is 14.2 Å². The minimum atomic E-state index is -0.688. The van der Waals surface area contributed by atoms with Gasteiger partial charge in [0.15, 0.2) is 17.3 Å². The van der Waals surface area contributed by atoms with Crippen LogP contribution in [0.1, 0.15) is 39.9 Å². The molecule has 0 bridgehead atoms. The number of dihydropyridines is 1. The van der Waals surface area contributed by atoms with Crippen LogP contribution in [0.15, 0.2) is 77.5 Å². The Labute approximate surface area is 227 Å². The van der Waals surface area contributed by atoms with Gasteiger partial charge in [0.25, 0.3) is 0 Å². The number of benzene rings is 3. The highest BCUT2D eigenvalue weighted by Gasteiger charge is 2.43. The molecule has 0 saturated carbocycles. The van der Waals surface area contributed by atoms with Gasteiger partial charge in [0.1, 0.15) is 12.4 Å². The Morgan fingerprint density at radius 3 is 2.46 bits per heavy atom. The van der Waals surface area contributed by atoms with E-state index in [4.69, 9.17) is 14.2 Å². The number of hydrogen-bond donors (Lipinski definition) is 1. The van der Waals surface area contributed by atoms with Crippen molar-refractivity contribution in [1.82, 2.24) is 5.32 Å². The number of carbonyl (C=O) groups is 2. The number of esters is 1. The highest BCUT2D eigenvalue weighted by atomic mass is 127. The van der Waals surface area contributed by atoms with Gasteiger partial charge in [-0.05, 0) is 53.3 Å². The monoisotopic (exact) mass is 611 g/mol. The zero-order valence-corrected chi connectivity index (χ0v) is 22.5. The van der Waals surface area contributed by atoms with Crippen LogP contribution in [0.2, 0.25) is 0 Å². The standard InChI is InChI=1S/C29H23FINO5/c1-15-23(29(34)36-3)24(25-26(32-15)18-9-5-6-10-19(18)27(25)33)17-12-21(31)28(22(13-17)35-2)37-14-16-8-4-7-11-20(16)30/h4-13,24,32H,14H2,1-3H3/t24-/m0/s1. The van der Waals surface area contributed by atoms with Gasteiger partial charge in [0, 0.05) is 33.9 Å². The molecule has 1 aliphatic heterocycles. The number of ether oxygens (including phenoxy) is 3. The first-order valence-corrected chi connectivity index (χ1v) is 12.6. The molecule has 1 atom stereocenters. The minimum absolute atomic E-state index is 0.0151. The van der Waals surface area contributed by atoms with E-state index >= 15 is 0 Å². The third kappa shape index (κ3) is 4.29. The van der Waals surface area contributed by atoms with Gasteiger partial charge in [-0.2, -0.15) is 0 Å². The smallest absolute Gasteiger partial charge is 0.336 e. The lowest BCUT2D eigenvalue weighted by Gasteiger charge is -2.29. The van der Waals surface area contributed by atoms with Gasteiger partial charge in [-0.25, -0.2) is 9.18 Å². The highest BCUT2D eigenvalue weighted by Crippen LogP contribution is 2.48. The molecule has 0 aromatic heterocycles. The number of carbonyl (C=O) groups excluding carboxylic acids is 2. The van der Waals surface area contributed by atoms with Crippen LogP contribution in [0.25, 0.3) is 5.70 Å². The van der Waals surface area contributed by atoms with Crippen molar-refractivity contribution in [2.45, 2.75) is 19.4 Å². The van der Waals surface area contributed by atoms with Crippen LogP contribution in [-0.4, -0.2) is 26.0 Å². The summed E-state index contributed by atoms with van der Waals surface area (Å²) in [5.74, 6) is -0.870. The molecule has 0 saturated heterocycles. The predicted molar refractivity (Wildman–Crippen MR) is 145 cm³/mol. The first-order valence-electron chi connectivity index (χ1n) is 11.5. The molecule has 6 nitrogen and oxygen atoms in total. The van der Waals surface area contributed by atoms with Gasteiger partial charge in [0.2, 0.25) is 0 Å². The third-order valence-electron chi connectivity index (χ3n) is 6.57. The zero-order chi connectivity index (χ0) is 26.3. The van der Waals surface area contributed by atoms with E-state index in [1.165, 1.54) is 20.3 Å². The predicted octanol–water partition coefficient (Wildman–Crippen LogP) is 5.76. The van der Waals surface area contributed by atoms with E-state index in [-0.39, 0.29) is 18.2 Å². The fourth-order valence-electron chi connectivity index (χ4n) is 4.85. The summed E-state index contributed by atoms with van der Waals surface area (Å²) in [6.07, 6.45) is 0. The Balaban J connectivity index is 1.61. The summed E-state index contributed by atoms with van der Waals surface area (Å²) in [4.78, 5) is 26.6. The maximum atomic E-state index is 14.1. The molecule has 0 fully saturated rings. The molecule has 188 valence electrons. The van der Waals surface area contributed by atoms with E-state index < -0.39 is 11.9 Å². The molecule has 0 unspecified atom stereocenters. The molecule has 37 heavy (non-hydrogen) atoms. The lowest BCUT2D eigenvalue weighted by Crippen LogP contribution is -2.29. The summed E-state index contributed by atoms with van der Waals surface area (Å²) in [7, 11) is 2.83. The minimum Gasteiger partial charge on any atom is -0.493 e.